The molecule has 2 rings (SSSR count). The molecule has 0 radical (unpaired) electrons. The van der Waals surface area contributed by atoms with E-state index in [4.69, 9.17) is 4.74 Å². The van der Waals surface area contributed by atoms with E-state index in [9.17, 15) is 9.59 Å². The summed E-state index contributed by atoms with van der Waals surface area (Å²) in [6.07, 6.45) is 1.96. The van der Waals surface area contributed by atoms with Crippen molar-refractivity contribution in [1.82, 2.24) is 10.9 Å². The number of hydrogen-bond donors (Lipinski definition) is 3. The van der Waals surface area contributed by atoms with Crippen molar-refractivity contribution in [3.8, 4) is 5.75 Å². The number of carbonyl (C=O) groups is 2. The van der Waals surface area contributed by atoms with Crippen LogP contribution in [0.5, 0.6) is 5.75 Å². The molecule has 31 heavy (non-hydrogen) atoms. The third-order valence-electron chi connectivity index (χ3n) is 5.96. The summed E-state index contributed by atoms with van der Waals surface area (Å²) in [6, 6.07) is 14.7. The molecule has 6 heteroatoms. The van der Waals surface area contributed by atoms with Gasteiger partial charge in [0.1, 0.15) is 5.75 Å². The number of nitrogens with one attached hydrogen (secondary N) is 3. The van der Waals surface area contributed by atoms with Crippen molar-refractivity contribution in [2.24, 2.45) is 0 Å². The second-order valence-electron chi connectivity index (χ2n) is 8.97. The SMILES string of the molecule is CCC(C)(C)c1ccc(OCC(=O)NNC(=O)Nc2ccccc2)c(C(C)(C)CC)c1. The summed E-state index contributed by atoms with van der Waals surface area (Å²) in [4.78, 5) is 24.1. The molecule has 2 aromatic carbocycles. The van der Waals surface area contributed by atoms with E-state index in [0.29, 0.717) is 11.4 Å². The molecule has 0 heterocycles. The molecule has 0 aliphatic rings. The Labute approximate surface area is 185 Å². The molecule has 0 bridgehead atoms. The van der Waals surface area contributed by atoms with Crippen molar-refractivity contribution in [3.05, 3.63) is 59.7 Å². The predicted octanol–water partition coefficient (Wildman–Crippen LogP) is 5.29. The van der Waals surface area contributed by atoms with Crippen LogP contribution in [-0.2, 0) is 15.6 Å². The number of urea groups is 1. The second kappa shape index (κ2) is 10.3. The molecule has 0 fully saturated rings. The quantitative estimate of drug-likeness (QED) is 0.503. The van der Waals surface area contributed by atoms with Gasteiger partial charge in [-0.15, -0.1) is 0 Å². The predicted molar refractivity (Wildman–Crippen MR) is 125 cm³/mol. The summed E-state index contributed by atoms with van der Waals surface area (Å²) in [7, 11) is 0. The zero-order valence-electron chi connectivity index (χ0n) is 19.5. The van der Waals surface area contributed by atoms with E-state index in [2.05, 4.69) is 69.8 Å². The molecule has 0 unspecified atom stereocenters. The van der Waals surface area contributed by atoms with Crippen LogP contribution in [-0.4, -0.2) is 18.5 Å². The average molecular weight is 426 g/mol. The van der Waals surface area contributed by atoms with E-state index >= 15 is 0 Å². The van der Waals surface area contributed by atoms with Crippen molar-refractivity contribution < 1.29 is 14.3 Å². The third kappa shape index (κ3) is 6.74. The highest BCUT2D eigenvalue weighted by atomic mass is 16.5. The summed E-state index contributed by atoms with van der Waals surface area (Å²) in [5, 5.41) is 2.63. The standard InChI is InChI=1S/C25H35N3O3/c1-7-24(3,4)18-14-15-21(20(16-18)25(5,6)8-2)31-17-22(29)27-28-23(30)26-19-12-10-9-11-13-19/h9-16H,7-8,17H2,1-6H3,(H,27,29)(H2,26,28,30). The summed E-state index contributed by atoms with van der Waals surface area (Å²) in [5.41, 5.74) is 7.62. The molecule has 0 saturated heterocycles. The first kappa shape index (κ1) is 24.3. The van der Waals surface area contributed by atoms with Gasteiger partial charge in [-0.1, -0.05) is 71.9 Å². The fourth-order valence-electron chi connectivity index (χ4n) is 2.99. The second-order valence-corrected chi connectivity index (χ2v) is 8.97. The summed E-state index contributed by atoms with van der Waals surface area (Å²) < 4.78 is 5.86. The summed E-state index contributed by atoms with van der Waals surface area (Å²) in [6.45, 7) is 12.9. The number of hydrogen-bond acceptors (Lipinski definition) is 3. The van der Waals surface area contributed by atoms with Crippen molar-refractivity contribution in [1.29, 1.82) is 0 Å². The highest BCUT2D eigenvalue weighted by molar-refractivity contribution is 5.91. The fraction of sp³-hybridized carbons (Fsp3) is 0.440. The van der Waals surface area contributed by atoms with Gasteiger partial charge in [0.05, 0.1) is 0 Å². The Morgan fingerprint density at radius 3 is 2.13 bits per heavy atom. The topological polar surface area (TPSA) is 79.5 Å². The Balaban J connectivity index is 2.01. The van der Waals surface area contributed by atoms with Crippen molar-refractivity contribution in [2.75, 3.05) is 11.9 Å². The van der Waals surface area contributed by atoms with Gasteiger partial charge in [0.15, 0.2) is 6.61 Å². The van der Waals surface area contributed by atoms with Gasteiger partial charge in [0, 0.05) is 11.3 Å². The molecule has 3 N–H and O–H groups in total. The lowest BCUT2D eigenvalue weighted by molar-refractivity contribution is -0.123. The van der Waals surface area contributed by atoms with Crippen LogP contribution in [0.1, 0.15) is 65.5 Å². The molecule has 168 valence electrons. The summed E-state index contributed by atoms with van der Waals surface area (Å²) in [5.74, 6) is 0.243. The number of amides is 3. The van der Waals surface area contributed by atoms with Crippen LogP contribution < -0.4 is 20.9 Å². The Morgan fingerprint density at radius 2 is 1.52 bits per heavy atom. The minimum atomic E-state index is -0.529. The van der Waals surface area contributed by atoms with Crippen LogP contribution in [0.2, 0.25) is 0 Å². The zero-order valence-corrected chi connectivity index (χ0v) is 19.5. The van der Waals surface area contributed by atoms with E-state index in [1.54, 1.807) is 12.1 Å². The highest BCUT2D eigenvalue weighted by Crippen LogP contribution is 2.38. The number of rotatable bonds is 8. The Kier molecular flexibility index (Phi) is 8.08. The van der Waals surface area contributed by atoms with Crippen molar-refractivity contribution in [3.63, 3.8) is 0 Å². The van der Waals surface area contributed by atoms with Gasteiger partial charge in [0.2, 0.25) is 0 Å². The van der Waals surface area contributed by atoms with Crippen molar-refractivity contribution >= 4 is 17.6 Å². The molecular weight excluding hydrogens is 390 g/mol. The van der Waals surface area contributed by atoms with Gasteiger partial charge in [-0.2, -0.15) is 0 Å². The maximum atomic E-state index is 12.2. The maximum Gasteiger partial charge on any atom is 0.337 e. The monoisotopic (exact) mass is 425 g/mol. The van der Waals surface area contributed by atoms with E-state index in [-0.39, 0.29) is 17.4 Å². The number of anilines is 1. The minimum absolute atomic E-state index is 0.0600. The van der Waals surface area contributed by atoms with E-state index in [0.717, 1.165) is 18.4 Å². The largest absolute Gasteiger partial charge is 0.483 e. The molecule has 0 aliphatic heterocycles. The van der Waals surface area contributed by atoms with Crippen molar-refractivity contribution in [2.45, 2.75) is 65.2 Å². The Hall–Kier alpha value is -3.02. The van der Waals surface area contributed by atoms with Crippen LogP contribution in [0.3, 0.4) is 0 Å². The molecule has 6 nitrogen and oxygen atoms in total. The first-order valence-corrected chi connectivity index (χ1v) is 10.8. The number of para-hydroxylation sites is 1. The first-order chi connectivity index (χ1) is 14.6. The molecule has 2 aromatic rings. The van der Waals surface area contributed by atoms with Gasteiger partial charge >= 0.3 is 6.03 Å². The number of ether oxygens (including phenoxy) is 1. The molecule has 0 aliphatic carbocycles. The lowest BCUT2D eigenvalue weighted by Crippen LogP contribution is -2.45. The van der Waals surface area contributed by atoms with E-state index in [1.807, 2.05) is 24.3 Å². The molecule has 0 spiro atoms. The van der Waals surface area contributed by atoms with Gasteiger partial charge < -0.3 is 10.1 Å². The lowest BCUT2D eigenvalue weighted by atomic mass is 9.76. The van der Waals surface area contributed by atoms with Crippen LogP contribution in [0.15, 0.2) is 48.5 Å². The summed E-state index contributed by atoms with van der Waals surface area (Å²) >= 11 is 0. The van der Waals surface area contributed by atoms with Gasteiger partial charge in [-0.05, 0) is 47.4 Å². The first-order valence-electron chi connectivity index (χ1n) is 10.8. The Bertz CT molecular complexity index is 892. The van der Waals surface area contributed by atoms with Gasteiger partial charge in [-0.25, -0.2) is 10.2 Å². The smallest absolute Gasteiger partial charge is 0.337 e. The molecule has 0 saturated carbocycles. The van der Waals surface area contributed by atoms with E-state index in [1.165, 1.54) is 5.56 Å². The maximum absolute atomic E-state index is 12.2. The molecule has 0 aromatic heterocycles. The van der Waals surface area contributed by atoms with Crippen LogP contribution >= 0.6 is 0 Å². The van der Waals surface area contributed by atoms with Crippen LogP contribution in [0.25, 0.3) is 0 Å². The fourth-order valence-corrected chi connectivity index (χ4v) is 2.99. The lowest BCUT2D eigenvalue weighted by Gasteiger charge is -2.30. The minimum Gasteiger partial charge on any atom is -0.483 e. The van der Waals surface area contributed by atoms with Crippen LogP contribution in [0, 0.1) is 0 Å². The normalized spacial score (nSPS) is 11.5. The number of benzene rings is 2. The number of carbonyl (C=O) groups excluding carboxylic acids is 2. The molecule has 0 atom stereocenters. The molecular formula is C25H35N3O3. The number of hydrazine groups is 1. The van der Waals surface area contributed by atoms with E-state index < -0.39 is 11.9 Å². The molecule has 3 amide bonds. The van der Waals surface area contributed by atoms with Gasteiger partial charge in [0.25, 0.3) is 5.91 Å². The zero-order chi connectivity index (χ0) is 23.1. The van der Waals surface area contributed by atoms with Gasteiger partial charge in [-0.3, -0.25) is 10.2 Å². The Morgan fingerprint density at radius 1 is 0.871 bits per heavy atom. The average Bonchev–Trinajstić information content (AvgIpc) is 2.76. The highest BCUT2D eigenvalue weighted by Gasteiger charge is 2.26. The third-order valence-corrected chi connectivity index (χ3v) is 5.96. The van der Waals surface area contributed by atoms with Crippen LogP contribution in [0.4, 0.5) is 10.5 Å².